The standard InChI is InChI=1S/C15H23N3/c16-9-12-10-18(11-12)14-6-4-13(5-7-14)15-3-1-2-8-17-15/h1-3,8,12-14H,4-7,9-11,16H2/t13-,14-. The minimum absolute atomic E-state index is 0.689. The molecule has 0 unspecified atom stereocenters. The van der Waals surface area contributed by atoms with Gasteiger partial charge in [0.25, 0.3) is 0 Å². The van der Waals surface area contributed by atoms with E-state index in [1.807, 2.05) is 12.3 Å². The monoisotopic (exact) mass is 245 g/mol. The normalized spacial score (nSPS) is 30.1. The molecule has 1 aromatic heterocycles. The molecule has 0 radical (unpaired) electrons. The largest absolute Gasteiger partial charge is 0.330 e. The van der Waals surface area contributed by atoms with Gasteiger partial charge in [-0.2, -0.15) is 0 Å². The van der Waals surface area contributed by atoms with Crippen molar-refractivity contribution in [1.29, 1.82) is 0 Å². The molecule has 1 saturated heterocycles. The predicted molar refractivity (Wildman–Crippen MR) is 73.4 cm³/mol. The van der Waals surface area contributed by atoms with Gasteiger partial charge in [-0.15, -0.1) is 0 Å². The van der Waals surface area contributed by atoms with E-state index in [-0.39, 0.29) is 0 Å². The van der Waals surface area contributed by atoms with Gasteiger partial charge in [0.2, 0.25) is 0 Å². The molecule has 0 aromatic carbocycles. The zero-order valence-electron chi connectivity index (χ0n) is 11.0. The molecule has 18 heavy (non-hydrogen) atoms. The van der Waals surface area contributed by atoms with E-state index in [0.717, 1.165) is 18.5 Å². The van der Waals surface area contributed by atoms with Crippen molar-refractivity contribution >= 4 is 0 Å². The smallest absolute Gasteiger partial charge is 0.0434 e. The molecule has 0 bridgehead atoms. The highest BCUT2D eigenvalue weighted by Gasteiger charge is 2.34. The maximum atomic E-state index is 5.69. The Morgan fingerprint density at radius 2 is 1.94 bits per heavy atom. The third-order valence-corrected chi connectivity index (χ3v) is 4.64. The van der Waals surface area contributed by atoms with Gasteiger partial charge < -0.3 is 5.73 Å². The number of rotatable bonds is 3. The van der Waals surface area contributed by atoms with Crippen LogP contribution >= 0.6 is 0 Å². The van der Waals surface area contributed by atoms with Gasteiger partial charge in [0.05, 0.1) is 0 Å². The van der Waals surface area contributed by atoms with E-state index in [9.17, 15) is 0 Å². The van der Waals surface area contributed by atoms with Crippen molar-refractivity contribution in [3.63, 3.8) is 0 Å². The maximum Gasteiger partial charge on any atom is 0.0434 e. The van der Waals surface area contributed by atoms with Crippen LogP contribution in [0.5, 0.6) is 0 Å². The molecular formula is C15H23N3. The van der Waals surface area contributed by atoms with Crippen LogP contribution in [-0.4, -0.2) is 35.6 Å². The number of pyridine rings is 1. The predicted octanol–water partition coefficient (Wildman–Crippen LogP) is 2.00. The topological polar surface area (TPSA) is 42.1 Å². The van der Waals surface area contributed by atoms with Crippen molar-refractivity contribution in [2.45, 2.75) is 37.6 Å². The summed E-state index contributed by atoms with van der Waals surface area (Å²) < 4.78 is 0. The Labute approximate surface area is 109 Å². The number of aromatic nitrogens is 1. The zero-order valence-corrected chi connectivity index (χ0v) is 11.0. The fourth-order valence-corrected chi connectivity index (χ4v) is 3.41. The average molecular weight is 245 g/mol. The van der Waals surface area contributed by atoms with Crippen LogP contribution in [0.15, 0.2) is 24.4 Å². The summed E-state index contributed by atoms with van der Waals surface area (Å²) in [5, 5.41) is 0. The maximum absolute atomic E-state index is 5.69. The van der Waals surface area contributed by atoms with E-state index in [0.29, 0.717) is 5.92 Å². The molecule has 0 amide bonds. The second kappa shape index (κ2) is 5.37. The van der Waals surface area contributed by atoms with Gasteiger partial charge >= 0.3 is 0 Å². The number of hydrogen-bond acceptors (Lipinski definition) is 3. The van der Waals surface area contributed by atoms with Crippen LogP contribution in [0.1, 0.15) is 37.3 Å². The van der Waals surface area contributed by atoms with E-state index in [1.165, 1.54) is 44.5 Å². The van der Waals surface area contributed by atoms with Crippen LogP contribution in [0.4, 0.5) is 0 Å². The van der Waals surface area contributed by atoms with Gasteiger partial charge in [0, 0.05) is 36.9 Å². The van der Waals surface area contributed by atoms with Crippen molar-refractivity contribution in [3.05, 3.63) is 30.1 Å². The Balaban J connectivity index is 1.50. The van der Waals surface area contributed by atoms with E-state index in [4.69, 9.17) is 5.73 Å². The Kier molecular flexibility index (Phi) is 3.62. The summed E-state index contributed by atoms with van der Waals surface area (Å²) in [5.74, 6) is 1.45. The second-order valence-corrected chi connectivity index (χ2v) is 5.82. The summed E-state index contributed by atoms with van der Waals surface area (Å²) in [6, 6.07) is 7.10. The molecule has 3 heteroatoms. The molecule has 1 aliphatic heterocycles. The highest BCUT2D eigenvalue weighted by Crippen LogP contribution is 2.35. The lowest BCUT2D eigenvalue weighted by Crippen LogP contribution is -2.55. The van der Waals surface area contributed by atoms with E-state index < -0.39 is 0 Å². The van der Waals surface area contributed by atoms with Gasteiger partial charge in [-0.25, -0.2) is 0 Å². The molecular weight excluding hydrogens is 222 g/mol. The minimum Gasteiger partial charge on any atom is -0.330 e. The molecule has 2 heterocycles. The first-order valence-electron chi connectivity index (χ1n) is 7.22. The number of likely N-dealkylation sites (tertiary alicyclic amines) is 1. The lowest BCUT2D eigenvalue weighted by Gasteiger charge is -2.46. The van der Waals surface area contributed by atoms with E-state index in [1.54, 1.807) is 0 Å². The molecule has 1 aliphatic carbocycles. The summed E-state index contributed by atoms with van der Waals surface area (Å²) in [6.45, 7) is 3.32. The zero-order chi connectivity index (χ0) is 12.4. The van der Waals surface area contributed by atoms with E-state index >= 15 is 0 Å². The molecule has 2 aliphatic rings. The third-order valence-electron chi connectivity index (χ3n) is 4.64. The first kappa shape index (κ1) is 12.1. The first-order chi connectivity index (χ1) is 8.86. The molecule has 3 nitrogen and oxygen atoms in total. The number of nitrogens with two attached hydrogens (primary N) is 1. The Hall–Kier alpha value is -0.930. The lowest BCUT2D eigenvalue weighted by atomic mass is 9.81. The molecule has 3 rings (SSSR count). The van der Waals surface area contributed by atoms with Crippen LogP contribution in [-0.2, 0) is 0 Å². The van der Waals surface area contributed by atoms with Gasteiger partial charge in [0.1, 0.15) is 0 Å². The highest BCUT2D eigenvalue weighted by molar-refractivity contribution is 5.10. The van der Waals surface area contributed by atoms with Crippen LogP contribution in [0.2, 0.25) is 0 Å². The molecule has 1 aromatic rings. The molecule has 2 N–H and O–H groups in total. The molecule has 98 valence electrons. The van der Waals surface area contributed by atoms with Crippen molar-refractivity contribution < 1.29 is 0 Å². The molecule has 2 fully saturated rings. The van der Waals surface area contributed by atoms with Crippen LogP contribution in [0.3, 0.4) is 0 Å². The van der Waals surface area contributed by atoms with Crippen LogP contribution in [0, 0.1) is 5.92 Å². The summed E-state index contributed by atoms with van der Waals surface area (Å²) in [6.07, 6.45) is 7.18. The number of nitrogens with zero attached hydrogens (tertiary/aromatic N) is 2. The first-order valence-corrected chi connectivity index (χ1v) is 7.22. The quantitative estimate of drug-likeness (QED) is 0.885. The SMILES string of the molecule is NCC1CN([C@H]2CC[C@H](c3ccccn3)CC2)C1. The van der Waals surface area contributed by atoms with Gasteiger partial charge in [0.15, 0.2) is 0 Å². The molecule has 0 atom stereocenters. The Morgan fingerprint density at radius 1 is 1.17 bits per heavy atom. The lowest BCUT2D eigenvalue weighted by molar-refractivity contribution is 0.0365. The van der Waals surface area contributed by atoms with E-state index in [2.05, 4.69) is 22.0 Å². The van der Waals surface area contributed by atoms with Crippen molar-refractivity contribution in [2.24, 2.45) is 11.7 Å². The Morgan fingerprint density at radius 3 is 2.56 bits per heavy atom. The summed E-state index contributed by atoms with van der Waals surface area (Å²) >= 11 is 0. The van der Waals surface area contributed by atoms with Gasteiger partial charge in [-0.05, 0) is 50.3 Å². The van der Waals surface area contributed by atoms with Crippen LogP contribution < -0.4 is 5.73 Å². The average Bonchev–Trinajstić information content (AvgIpc) is 2.39. The molecule has 1 saturated carbocycles. The van der Waals surface area contributed by atoms with Crippen LogP contribution in [0.25, 0.3) is 0 Å². The number of hydrogen-bond donors (Lipinski definition) is 1. The highest BCUT2D eigenvalue weighted by atomic mass is 15.2. The fourth-order valence-electron chi connectivity index (χ4n) is 3.41. The fraction of sp³-hybridized carbons (Fsp3) is 0.667. The van der Waals surface area contributed by atoms with Crippen molar-refractivity contribution in [3.8, 4) is 0 Å². The van der Waals surface area contributed by atoms with Gasteiger partial charge in [-0.1, -0.05) is 6.07 Å². The second-order valence-electron chi connectivity index (χ2n) is 5.82. The minimum atomic E-state index is 0.689. The Bertz CT molecular complexity index is 365. The summed E-state index contributed by atoms with van der Waals surface area (Å²) in [5.41, 5.74) is 6.98. The summed E-state index contributed by atoms with van der Waals surface area (Å²) in [7, 11) is 0. The summed E-state index contributed by atoms with van der Waals surface area (Å²) in [4.78, 5) is 7.13. The molecule has 0 spiro atoms. The third kappa shape index (κ3) is 2.43. The van der Waals surface area contributed by atoms with Gasteiger partial charge in [-0.3, -0.25) is 9.88 Å². The van der Waals surface area contributed by atoms with Crippen molar-refractivity contribution in [2.75, 3.05) is 19.6 Å². The van der Waals surface area contributed by atoms with Crippen molar-refractivity contribution in [1.82, 2.24) is 9.88 Å².